The van der Waals surface area contributed by atoms with Crippen molar-refractivity contribution in [2.75, 3.05) is 7.11 Å². The van der Waals surface area contributed by atoms with Crippen molar-refractivity contribution in [3.63, 3.8) is 0 Å². The Hall–Kier alpha value is -1.49. The molecule has 78 valence electrons. The van der Waals surface area contributed by atoms with Gasteiger partial charge in [-0.05, 0) is 12.1 Å². The molecule has 1 N–H and O–H groups in total. The van der Waals surface area contributed by atoms with E-state index in [0.717, 1.165) is 0 Å². The number of carboxylic acids is 1. The molecular weight excluding hydrogens is 264 g/mol. The summed E-state index contributed by atoms with van der Waals surface area (Å²) in [4.78, 5) is 10.9. The molecule has 0 aliphatic heterocycles. The number of hydrogen-bond acceptors (Lipinski definition) is 3. The minimum absolute atomic E-state index is 0.121. The van der Waals surface area contributed by atoms with E-state index < -0.39 is 5.97 Å². The Labute approximate surface area is 93.6 Å². The lowest BCUT2D eigenvalue weighted by molar-refractivity contribution is 0.0698. The number of hydrogen-bond donors (Lipinski definition) is 1. The molecule has 0 radical (unpaired) electrons. The summed E-state index contributed by atoms with van der Waals surface area (Å²) in [5.41, 5.74) is 0.556. The number of carboxylic acid groups (broad SMARTS) is 1. The van der Waals surface area contributed by atoms with Crippen LogP contribution in [0.4, 0.5) is 0 Å². The van der Waals surface area contributed by atoms with Crippen molar-refractivity contribution in [3.8, 4) is 5.75 Å². The minimum Gasteiger partial charge on any atom is -0.493 e. The zero-order chi connectivity index (χ0) is 11.0. The third-order valence-corrected chi connectivity index (χ3v) is 2.75. The van der Waals surface area contributed by atoms with Crippen LogP contribution >= 0.6 is 15.9 Å². The normalized spacial score (nSPS) is 10.5. The van der Waals surface area contributed by atoms with Gasteiger partial charge >= 0.3 is 5.97 Å². The molecule has 0 atom stereocenters. The summed E-state index contributed by atoms with van der Waals surface area (Å²) in [6, 6.07) is 3.44. The van der Waals surface area contributed by atoms with Crippen LogP contribution in [-0.2, 0) is 0 Å². The molecule has 1 heterocycles. The number of aromatic carboxylic acids is 1. The maximum absolute atomic E-state index is 10.9. The molecule has 1 aromatic carbocycles. The summed E-state index contributed by atoms with van der Waals surface area (Å²) in [6.07, 6.45) is 1.21. The Morgan fingerprint density at radius 3 is 2.87 bits per heavy atom. The number of furan rings is 1. The zero-order valence-corrected chi connectivity index (χ0v) is 9.37. The van der Waals surface area contributed by atoms with E-state index in [0.29, 0.717) is 21.2 Å². The van der Waals surface area contributed by atoms with E-state index >= 15 is 0 Å². The second-order valence-corrected chi connectivity index (χ2v) is 3.76. The monoisotopic (exact) mass is 270 g/mol. The van der Waals surface area contributed by atoms with Gasteiger partial charge in [-0.15, -0.1) is 0 Å². The Bertz CT molecular complexity index is 529. The lowest BCUT2D eigenvalue weighted by atomic mass is 10.2. The summed E-state index contributed by atoms with van der Waals surface area (Å²) in [6.45, 7) is 0. The maximum Gasteiger partial charge on any atom is 0.339 e. The number of methoxy groups -OCH3 is 1. The second-order valence-electron chi connectivity index (χ2n) is 2.91. The van der Waals surface area contributed by atoms with Crippen LogP contribution in [0.15, 0.2) is 27.3 Å². The molecule has 0 spiro atoms. The van der Waals surface area contributed by atoms with Gasteiger partial charge in [0.15, 0.2) is 11.3 Å². The van der Waals surface area contributed by atoms with Crippen LogP contribution in [0, 0.1) is 0 Å². The number of ether oxygens (including phenoxy) is 1. The van der Waals surface area contributed by atoms with Crippen molar-refractivity contribution in [2.45, 2.75) is 0 Å². The van der Waals surface area contributed by atoms with Crippen molar-refractivity contribution >= 4 is 32.9 Å². The fourth-order valence-electron chi connectivity index (χ4n) is 1.40. The summed E-state index contributed by atoms with van der Waals surface area (Å²) in [5.74, 6) is -0.511. The highest BCUT2D eigenvalue weighted by molar-refractivity contribution is 9.10. The van der Waals surface area contributed by atoms with E-state index in [1.54, 1.807) is 12.1 Å². The van der Waals surface area contributed by atoms with Gasteiger partial charge in [0.25, 0.3) is 0 Å². The molecule has 0 bridgehead atoms. The summed E-state index contributed by atoms with van der Waals surface area (Å²) in [7, 11) is 1.51. The molecule has 2 aromatic rings. The third-order valence-electron chi connectivity index (χ3n) is 2.09. The number of fused-ring (bicyclic) bond motifs is 1. The molecule has 0 saturated carbocycles. The van der Waals surface area contributed by atoms with Gasteiger partial charge < -0.3 is 14.3 Å². The van der Waals surface area contributed by atoms with E-state index in [9.17, 15) is 4.79 Å². The van der Waals surface area contributed by atoms with E-state index in [1.807, 2.05) is 0 Å². The van der Waals surface area contributed by atoms with Gasteiger partial charge in [0.05, 0.1) is 12.5 Å². The van der Waals surface area contributed by atoms with E-state index in [4.69, 9.17) is 14.3 Å². The number of benzene rings is 1. The average Bonchev–Trinajstić information content (AvgIpc) is 2.63. The summed E-state index contributed by atoms with van der Waals surface area (Å²) in [5, 5.41) is 9.45. The SMILES string of the molecule is COc1ccc(Br)c2c(C(=O)O)coc12. The first-order valence-corrected chi connectivity index (χ1v) is 4.91. The molecule has 2 rings (SSSR count). The third kappa shape index (κ3) is 1.48. The average molecular weight is 271 g/mol. The summed E-state index contributed by atoms with van der Waals surface area (Å²) >= 11 is 3.28. The van der Waals surface area contributed by atoms with Crippen molar-refractivity contribution in [2.24, 2.45) is 0 Å². The van der Waals surface area contributed by atoms with Gasteiger partial charge in [-0.25, -0.2) is 4.79 Å². The van der Waals surface area contributed by atoms with Crippen LogP contribution in [0.1, 0.15) is 10.4 Å². The van der Waals surface area contributed by atoms with Gasteiger partial charge in [-0.2, -0.15) is 0 Å². The van der Waals surface area contributed by atoms with Crippen molar-refractivity contribution in [1.29, 1.82) is 0 Å². The minimum atomic E-state index is -1.03. The maximum atomic E-state index is 10.9. The molecule has 0 saturated heterocycles. The smallest absolute Gasteiger partial charge is 0.339 e. The Kier molecular flexibility index (Phi) is 2.40. The quantitative estimate of drug-likeness (QED) is 0.912. The van der Waals surface area contributed by atoms with Crippen LogP contribution in [0.2, 0.25) is 0 Å². The molecule has 15 heavy (non-hydrogen) atoms. The molecule has 0 aliphatic carbocycles. The first-order valence-electron chi connectivity index (χ1n) is 4.12. The van der Waals surface area contributed by atoms with E-state index in [2.05, 4.69) is 15.9 Å². The van der Waals surface area contributed by atoms with Gasteiger partial charge in [0.2, 0.25) is 0 Å². The largest absolute Gasteiger partial charge is 0.493 e. The van der Waals surface area contributed by atoms with Crippen LogP contribution < -0.4 is 4.74 Å². The first kappa shape index (κ1) is 10.0. The van der Waals surface area contributed by atoms with E-state index in [-0.39, 0.29) is 5.56 Å². The van der Waals surface area contributed by atoms with Crippen molar-refractivity contribution in [3.05, 3.63) is 28.4 Å². The van der Waals surface area contributed by atoms with Crippen molar-refractivity contribution < 1.29 is 19.1 Å². The van der Waals surface area contributed by atoms with Gasteiger partial charge in [-0.1, -0.05) is 15.9 Å². The molecule has 0 amide bonds. The first-order chi connectivity index (χ1) is 7.15. The molecule has 0 aliphatic rings. The standard InChI is InChI=1S/C10H7BrO4/c1-14-7-3-2-6(11)8-5(10(12)13)4-15-9(7)8/h2-4H,1H3,(H,12,13). The van der Waals surface area contributed by atoms with Crippen LogP contribution in [0.5, 0.6) is 5.75 Å². The molecular formula is C10H7BrO4. The Morgan fingerprint density at radius 2 is 2.27 bits per heavy atom. The fraction of sp³-hybridized carbons (Fsp3) is 0.100. The predicted molar refractivity (Wildman–Crippen MR) is 57.4 cm³/mol. The molecule has 4 nitrogen and oxygen atoms in total. The molecule has 1 aromatic heterocycles. The zero-order valence-electron chi connectivity index (χ0n) is 7.78. The van der Waals surface area contributed by atoms with Gasteiger partial charge in [0, 0.05) is 4.47 Å². The van der Waals surface area contributed by atoms with Crippen LogP contribution in [0.3, 0.4) is 0 Å². The lowest BCUT2D eigenvalue weighted by Gasteiger charge is -2.01. The second kappa shape index (κ2) is 3.58. The molecule has 5 heteroatoms. The van der Waals surface area contributed by atoms with Crippen molar-refractivity contribution in [1.82, 2.24) is 0 Å². The number of carbonyl (C=O) groups is 1. The number of rotatable bonds is 2. The topological polar surface area (TPSA) is 59.7 Å². The Morgan fingerprint density at radius 1 is 1.53 bits per heavy atom. The highest BCUT2D eigenvalue weighted by Gasteiger charge is 2.17. The lowest BCUT2D eigenvalue weighted by Crippen LogP contribution is -1.94. The fourth-order valence-corrected chi connectivity index (χ4v) is 1.93. The molecule has 0 unspecified atom stereocenters. The molecule has 0 fully saturated rings. The highest BCUT2D eigenvalue weighted by atomic mass is 79.9. The van der Waals surface area contributed by atoms with Crippen LogP contribution in [-0.4, -0.2) is 18.2 Å². The predicted octanol–water partition coefficient (Wildman–Crippen LogP) is 2.90. The van der Waals surface area contributed by atoms with Crippen LogP contribution in [0.25, 0.3) is 11.0 Å². The summed E-state index contributed by atoms with van der Waals surface area (Å²) < 4.78 is 10.9. The van der Waals surface area contributed by atoms with Gasteiger partial charge in [-0.3, -0.25) is 0 Å². The van der Waals surface area contributed by atoms with Gasteiger partial charge in [0.1, 0.15) is 11.8 Å². The highest BCUT2D eigenvalue weighted by Crippen LogP contribution is 2.35. The number of halogens is 1. The Balaban J connectivity index is 2.84. The van der Waals surface area contributed by atoms with E-state index in [1.165, 1.54) is 13.4 Å².